The highest BCUT2D eigenvalue weighted by molar-refractivity contribution is 5.21. The predicted molar refractivity (Wildman–Crippen MR) is 55.8 cm³/mol. The van der Waals surface area contributed by atoms with Gasteiger partial charge in [0.05, 0.1) is 0 Å². The molecule has 0 spiro atoms. The molecule has 0 atom stereocenters. The predicted octanol–water partition coefficient (Wildman–Crippen LogP) is 1.93. The van der Waals surface area contributed by atoms with Gasteiger partial charge < -0.3 is 5.32 Å². The third-order valence-corrected chi connectivity index (χ3v) is 2.27. The summed E-state index contributed by atoms with van der Waals surface area (Å²) in [4.78, 5) is 4.13. The van der Waals surface area contributed by atoms with Gasteiger partial charge in [0.15, 0.2) is 0 Å². The topological polar surface area (TPSA) is 24.9 Å². The van der Waals surface area contributed by atoms with Crippen molar-refractivity contribution in [2.24, 2.45) is 0 Å². The lowest BCUT2D eigenvalue weighted by Gasteiger charge is -2.03. The summed E-state index contributed by atoms with van der Waals surface area (Å²) >= 11 is 0. The molecular weight excluding hydrogens is 160 g/mol. The van der Waals surface area contributed by atoms with Gasteiger partial charge in [-0.25, -0.2) is 0 Å². The van der Waals surface area contributed by atoms with E-state index in [1.54, 1.807) is 0 Å². The summed E-state index contributed by atoms with van der Waals surface area (Å²) in [6, 6.07) is 2.08. The Morgan fingerprint density at radius 2 is 2.23 bits per heavy atom. The maximum absolute atomic E-state index is 4.13. The highest BCUT2D eigenvalue weighted by atomic mass is 14.8. The van der Waals surface area contributed by atoms with Gasteiger partial charge in [-0.05, 0) is 57.0 Å². The van der Waals surface area contributed by atoms with Crippen LogP contribution in [0.3, 0.4) is 0 Å². The molecule has 1 heterocycles. The third kappa shape index (κ3) is 3.55. The number of unbranched alkanes of at least 4 members (excludes halogenated alkanes) is 1. The monoisotopic (exact) mass is 178 g/mol. The number of hydrogen-bond donors (Lipinski definition) is 1. The van der Waals surface area contributed by atoms with Crippen molar-refractivity contribution in [1.82, 2.24) is 10.3 Å². The SMILES string of the molecule is CNCCCCc1cnccc1C. The lowest BCUT2D eigenvalue weighted by atomic mass is 10.1. The molecule has 1 aromatic heterocycles. The minimum Gasteiger partial charge on any atom is -0.320 e. The minimum atomic E-state index is 1.11. The normalized spacial score (nSPS) is 10.3. The molecule has 0 aliphatic carbocycles. The van der Waals surface area contributed by atoms with Crippen LogP contribution in [-0.4, -0.2) is 18.6 Å². The standard InChI is InChI=1S/C11H18N2/c1-10-6-8-13-9-11(10)5-3-4-7-12-2/h6,8-9,12H,3-5,7H2,1-2H3. The van der Waals surface area contributed by atoms with Gasteiger partial charge in [-0.15, -0.1) is 0 Å². The first-order valence-corrected chi connectivity index (χ1v) is 4.88. The van der Waals surface area contributed by atoms with Crippen molar-refractivity contribution >= 4 is 0 Å². The molecule has 0 fully saturated rings. The first-order chi connectivity index (χ1) is 6.34. The molecule has 0 aliphatic heterocycles. The molecule has 0 aliphatic rings. The Bertz CT molecular complexity index is 246. The van der Waals surface area contributed by atoms with E-state index in [0.717, 1.165) is 13.0 Å². The van der Waals surface area contributed by atoms with E-state index in [0.29, 0.717) is 0 Å². The summed E-state index contributed by atoms with van der Waals surface area (Å²) in [5.41, 5.74) is 2.75. The molecule has 0 radical (unpaired) electrons. The lowest BCUT2D eigenvalue weighted by molar-refractivity contribution is 0.675. The van der Waals surface area contributed by atoms with Crippen LogP contribution in [0, 0.1) is 6.92 Å². The number of aromatic nitrogens is 1. The molecule has 1 aromatic rings. The summed E-state index contributed by atoms with van der Waals surface area (Å²) in [5, 5.41) is 3.15. The molecule has 0 saturated heterocycles. The van der Waals surface area contributed by atoms with Crippen LogP contribution in [0.4, 0.5) is 0 Å². The van der Waals surface area contributed by atoms with Crippen molar-refractivity contribution < 1.29 is 0 Å². The van der Waals surface area contributed by atoms with Crippen molar-refractivity contribution in [2.45, 2.75) is 26.2 Å². The lowest BCUT2D eigenvalue weighted by Crippen LogP contribution is -2.07. The quantitative estimate of drug-likeness (QED) is 0.697. The molecule has 1 N–H and O–H groups in total. The maximum Gasteiger partial charge on any atom is 0.0302 e. The molecule has 2 heteroatoms. The van der Waals surface area contributed by atoms with Gasteiger partial charge in [-0.3, -0.25) is 4.98 Å². The van der Waals surface area contributed by atoms with Gasteiger partial charge >= 0.3 is 0 Å². The van der Waals surface area contributed by atoms with Crippen molar-refractivity contribution in [1.29, 1.82) is 0 Å². The van der Waals surface area contributed by atoms with Crippen molar-refractivity contribution in [3.05, 3.63) is 29.6 Å². The van der Waals surface area contributed by atoms with Gasteiger partial charge in [0.1, 0.15) is 0 Å². The molecule has 0 saturated carbocycles. The van der Waals surface area contributed by atoms with Crippen LogP contribution in [0.2, 0.25) is 0 Å². The van der Waals surface area contributed by atoms with Crippen molar-refractivity contribution in [2.75, 3.05) is 13.6 Å². The molecule has 0 unspecified atom stereocenters. The zero-order valence-electron chi connectivity index (χ0n) is 8.51. The fourth-order valence-corrected chi connectivity index (χ4v) is 1.38. The number of hydrogen-bond acceptors (Lipinski definition) is 2. The second-order valence-corrected chi connectivity index (χ2v) is 3.36. The van der Waals surface area contributed by atoms with E-state index in [4.69, 9.17) is 0 Å². The number of pyridine rings is 1. The summed E-state index contributed by atoms with van der Waals surface area (Å²) in [6.45, 7) is 3.26. The van der Waals surface area contributed by atoms with Crippen LogP contribution in [0.1, 0.15) is 24.0 Å². The summed E-state index contributed by atoms with van der Waals surface area (Å²) in [6.07, 6.45) is 7.47. The Morgan fingerprint density at radius 1 is 1.38 bits per heavy atom. The molecule has 13 heavy (non-hydrogen) atoms. The van der Waals surface area contributed by atoms with Crippen LogP contribution >= 0.6 is 0 Å². The number of rotatable bonds is 5. The third-order valence-electron chi connectivity index (χ3n) is 2.27. The first kappa shape index (κ1) is 10.2. The Labute approximate surface area is 80.4 Å². The van der Waals surface area contributed by atoms with E-state index in [9.17, 15) is 0 Å². The van der Waals surface area contributed by atoms with E-state index in [1.807, 2.05) is 19.4 Å². The molecule has 72 valence electrons. The zero-order valence-corrected chi connectivity index (χ0v) is 8.51. The molecule has 0 aromatic carbocycles. The van der Waals surface area contributed by atoms with Gasteiger partial charge in [-0.2, -0.15) is 0 Å². The second kappa shape index (κ2) is 5.70. The largest absolute Gasteiger partial charge is 0.320 e. The number of nitrogens with zero attached hydrogens (tertiary/aromatic N) is 1. The van der Waals surface area contributed by atoms with Crippen LogP contribution in [0.5, 0.6) is 0 Å². The molecular formula is C11H18N2. The van der Waals surface area contributed by atoms with Gasteiger partial charge in [0.2, 0.25) is 0 Å². The fourth-order valence-electron chi connectivity index (χ4n) is 1.38. The Morgan fingerprint density at radius 3 is 2.92 bits per heavy atom. The Kier molecular flexibility index (Phi) is 4.47. The van der Waals surface area contributed by atoms with Crippen LogP contribution in [0.25, 0.3) is 0 Å². The van der Waals surface area contributed by atoms with Crippen LogP contribution in [0.15, 0.2) is 18.5 Å². The van der Waals surface area contributed by atoms with Crippen molar-refractivity contribution in [3.63, 3.8) is 0 Å². The van der Waals surface area contributed by atoms with E-state index in [-0.39, 0.29) is 0 Å². The number of nitrogens with one attached hydrogen (secondary N) is 1. The van der Waals surface area contributed by atoms with Crippen LogP contribution < -0.4 is 5.32 Å². The highest BCUT2D eigenvalue weighted by Gasteiger charge is 1.96. The average molecular weight is 178 g/mol. The Hall–Kier alpha value is -0.890. The van der Waals surface area contributed by atoms with E-state index >= 15 is 0 Å². The minimum absolute atomic E-state index is 1.11. The smallest absolute Gasteiger partial charge is 0.0302 e. The fraction of sp³-hybridized carbons (Fsp3) is 0.545. The van der Waals surface area contributed by atoms with Gasteiger partial charge in [0.25, 0.3) is 0 Å². The van der Waals surface area contributed by atoms with Gasteiger partial charge in [-0.1, -0.05) is 0 Å². The van der Waals surface area contributed by atoms with E-state index in [1.165, 1.54) is 24.0 Å². The summed E-state index contributed by atoms with van der Waals surface area (Å²) in [7, 11) is 2.00. The highest BCUT2D eigenvalue weighted by Crippen LogP contribution is 2.08. The van der Waals surface area contributed by atoms with E-state index < -0.39 is 0 Å². The Balaban J connectivity index is 2.32. The molecule has 0 amide bonds. The van der Waals surface area contributed by atoms with Crippen molar-refractivity contribution in [3.8, 4) is 0 Å². The number of aryl methyl sites for hydroxylation is 2. The molecule has 2 nitrogen and oxygen atoms in total. The molecule has 1 rings (SSSR count). The maximum atomic E-state index is 4.13. The first-order valence-electron chi connectivity index (χ1n) is 4.88. The van der Waals surface area contributed by atoms with Crippen LogP contribution in [-0.2, 0) is 6.42 Å². The van der Waals surface area contributed by atoms with Gasteiger partial charge in [0, 0.05) is 12.4 Å². The average Bonchev–Trinajstić information content (AvgIpc) is 2.15. The second-order valence-electron chi connectivity index (χ2n) is 3.36. The summed E-state index contributed by atoms with van der Waals surface area (Å²) in [5.74, 6) is 0. The summed E-state index contributed by atoms with van der Waals surface area (Å²) < 4.78 is 0. The molecule has 0 bridgehead atoms. The zero-order chi connectivity index (χ0) is 9.52. The van der Waals surface area contributed by atoms with E-state index in [2.05, 4.69) is 23.3 Å².